The van der Waals surface area contributed by atoms with Crippen molar-refractivity contribution in [2.24, 2.45) is 0 Å². The highest BCUT2D eigenvalue weighted by Gasteiger charge is 2.18. The average Bonchev–Trinajstić information content (AvgIpc) is 2.99. The summed E-state index contributed by atoms with van der Waals surface area (Å²) in [7, 11) is -3.64. The van der Waals surface area contributed by atoms with Crippen LogP contribution in [0.25, 0.3) is 0 Å². The van der Waals surface area contributed by atoms with Crippen LogP contribution in [0, 0.1) is 0 Å². The summed E-state index contributed by atoms with van der Waals surface area (Å²) in [4.78, 5) is 10.4. The molecule has 0 bridgehead atoms. The molecule has 0 saturated carbocycles. The summed E-state index contributed by atoms with van der Waals surface area (Å²) in [5.74, 6) is 0.00822. The molecule has 5 nitrogen and oxygen atoms in total. The predicted octanol–water partition coefficient (Wildman–Crippen LogP) is 1.87. The Hall–Kier alpha value is -1.40. The standard InChI is InChI=1S/C12H15NO4S/c14-9-11-5-6-12(17-11)18(15,16)13-8-7-10-3-1-2-4-10/h3,5-6,9,13H,1-2,4,7-8H2. The molecule has 0 radical (unpaired) electrons. The minimum Gasteiger partial charge on any atom is -0.440 e. The lowest BCUT2D eigenvalue weighted by molar-refractivity contribution is 0.109. The largest absolute Gasteiger partial charge is 0.440 e. The predicted molar refractivity (Wildman–Crippen MR) is 65.8 cm³/mol. The molecular weight excluding hydrogens is 254 g/mol. The maximum Gasteiger partial charge on any atom is 0.273 e. The maximum absolute atomic E-state index is 11.8. The minimum absolute atomic E-state index is 0.00822. The molecule has 0 saturated heterocycles. The van der Waals surface area contributed by atoms with Gasteiger partial charge in [0, 0.05) is 6.54 Å². The number of rotatable bonds is 6. The highest BCUT2D eigenvalue weighted by atomic mass is 32.2. The van der Waals surface area contributed by atoms with Crippen molar-refractivity contribution in [1.29, 1.82) is 0 Å². The molecule has 1 aromatic heterocycles. The third-order valence-corrected chi connectivity index (χ3v) is 4.19. The van der Waals surface area contributed by atoms with Crippen LogP contribution in [0.5, 0.6) is 0 Å². The molecule has 1 aromatic rings. The van der Waals surface area contributed by atoms with Gasteiger partial charge in [-0.15, -0.1) is 0 Å². The number of allylic oxidation sites excluding steroid dienone is 1. The average molecular weight is 269 g/mol. The number of hydrogen-bond donors (Lipinski definition) is 1. The molecule has 0 unspecified atom stereocenters. The summed E-state index contributed by atoms with van der Waals surface area (Å²) >= 11 is 0. The summed E-state index contributed by atoms with van der Waals surface area (Å²) in [6.45, 7) is 0.352. The van der Waals surface area contributed by atoms with Crippen molar-refractivity contribution in [3.63, 3.8) is 0 Å². The first-order valence-corrected chi connectivity index (χ1v) is 7.33. The maximum atomic E-state index is 11.8. The summed E-state index contributed by atoms with van der Waals surface area (Å²) in [5.41, 5.74) is 1.30. The molecule has 1 aliphatic rings. The highest BCUT2D eigenvalue weighted by Crippen LogP contribution is 2.20. The lowest BCUT2D eigenvalue weighted by atomic mass is 10.2. The van der Waals surface area contributed by atoms with E-state index in [-0.39, 0.29) is 10.9 Å². The second-order valence-electron chi connectivity index (χ2n) is 4.18. The van der Waals surface area contributed by atoms with Gasteiger partial charge in [-0.25, -0.2) is 13.1 Å². The topological polar surface area (TPSA) is 76.4 Å². The summed E-state index contributed by atoms with van der Waals surface area (Å²) in [6.07, 6.45) is 6.65. The highest BCUT2D eigenvalue weighted by molar-refractivity contribution is 7.89. The SMILES string of the molecule is O=Cc1ccc(S(=O)(=O)NCCC2=CCCC2)o1. The summed E-state index contributed by atoms with van der Waals surface area (Å²) < 4.78 is 30.9. The number of aldehydes is 1. The van der Waals surface area contributed by atoms with Gasteiger partial charge in [-0.1, -0.05) is 11.6 Å². The van der Waals surface area contributed by atoms with Crippen molar-refractivity contribution in [3.8, 4) is 0 Å². The van der Waals surface area contributed by atoms with E-state index in [1.165, 1.54) is 17.7 Å². The second-order valence-corrected chi connectivity index (χ2v) is 5.87. The van der Waals surface area contributed by atoms with E-state index in [1.54, 1.807) is 0 Å². The summed E-state index contributed by atoms with van der Waals surface area (Å²) in [5, 5.41) is -0.218. The lowest BCUT2D eigenvalue weighted by Gasteiger charge is -2.04. The van der Waals surface area contributed by atoms with E-state index in [0.717, 1.165) is 25.7 Å². The van der Waals surface area contributed by atoms with Gasteiger partial charge in [-0.3, -0.25) is 4.79 Å². The van der Waals surface area contributed by atoms with Crippen molar-refractivity contribution in [3.05, 3.63) is 29.5 Å². The van der Waals surface area contributed by atoms with Crippen LogP contribution in [0.15, 0.2) is 33.3 Å². The van der Waals surface area contributed by atoms with Gasteiger partial charge in [0.25, 0.3) is 10.0 Å². The fourth-order valence-corrected chi connectivity index (χ4v) is 2.89. The van der Waals surface area contributed by atoms with E-state index in [1.807, 2.05) is 0 Å². The van der Waals surface area contributed by atoms with Crippen LogP contribution in [0.1, 0.15) is 36.2 Å². The first-order chi connectivity index (χ1) is 8.62. The lowest BCUT2D eigenvalue weighted by Crippen LogP contribution is -2.24. The zero-order valence-corrected chi connectivity index (χ0v) is 10.7. The third-order valence-electron chi connectivity index (χ3n) is 2.86. The van der Waals surface area contributed by atoms with Crippen LogP contribution in [-0.2, 0) is 10.0 Å². The Labute approximate surface area is 106 Å². The van der Waals surface area contributed by atoms with E-state index in [2.05, 4.69) is 10.8 Å². The van der Waals surface area contributed by atoms with Gasteiger partial charge in [-0.05, 0) is 37.8 Å². The number of nitrogens with one attached hydrogen (secondary N) is 1. The van der Waals surface area contributed by atoms with Crippen molar-refractivity contribution in [2.75, 3.05) is 6.54 Å². The van der Waals surface area contributed by atoms with Gasteiger partial charge in [0.2, 0.25) is 5.09 Å². The van der Waals surface area contributed by atoms with Gasteiger partial charge < -0.3 is 4.42 Å². The number of hydrogen-bond acceptors (Lipinski definition) is 4. The van der Waals surface area contributed by atoms with Crippen molar-refractivity contribution in [1.82, 2.24) is 4.72 Å². The molecule has 1 heterocycles. The Morgan fingerprint density at radius 1 is 1.39 bits per heavy atom. The van der Waals surface area contributed by atoms with Crippen LogP contribution >= 0.6 is 0 Å². The Morgan fingerprint density at radius 2 is 2.22 bits per heavy atom. The number of sulfonamides is 1. The van der Waals surface area contributed by atoms with Crippen LogP contribution < -0.4 is 4.72 Å². The summed E-state index contributed by atoms with van der Waals surface area (Å²) in [6, 6.07) is 2.61. The number of carbonyl (C=O) groups excluding carboxylic acids is 1. The van der Waals surface area contributed by atoms with Gasteiger partial charge in [0.1, 0.15) is 0 Å². The molecule has 98 valence electrons. The van der Waals surface area contributed by atoms with Crippen LogP contribution in [0.3, 0.4) is 0 Å². The molecule has 18 heavy (non-hydrogen) atoms. The molecule has 0 spiro atoms. The van der Waals surface area contributed by atoms with Gasteiger partial charge in [0.05, 0.1) is 0 Å². The Kier molecular flexibility index (Phi) is 3.98. The van der Waals surface area contributed by atoms with Crippen LogP contribution in [-0.4, -0.2) is 21.2 Å². The molecule has 0 fully saturated rings. The normalized spacial score (nSPS) is 15.7. The molecule has 0 amide bonds. The molecule has 2 rings (SSSR count). The van der Waals surface area contributed by atoms with E-state index >= 15 is 0 Å². The van der Waals surface area contributed by atoms with Gasteiger partial charge >= 0.3 is 0 Å². The van der Waals surface area contributed by atoms with Crippen molar-refractivity contribution < 1.29 is 17.6 Å². The minimum atomic E-state index is -3.64. The number of furan rings is 1. The van der Waals surface area contributed by atoms with E-state index < -0.39 is 10.0 Å². The first-order valence-electron chi connectivity index (χ1n) is 5.84. The van der Waals surface area contributed by atoms with E-state index in [0.29, 0.717) is 12.8 Å². The van der Waals surface area contributed by atoms with Crippen molar-refractivity contribution >= 4 is 16.3 Å². The quantitative estimate of drug-likeness (QED) is 0.632. The van der Waals surface area contributed by atoms with Crippen LogP contribution in [0.2, 0.25) is 0 Å². The van der Waals surface area contributed by atoms with Gasteiger partial charge in [0.15, 0.2) is 12.0 Å². The molecule has 0 aliphatic heterocycles. The van der Waals surface area contributed by atoms with Gasteiger partial charge in [-0.2, -0.15) is 0 Å². The molecule has 0 aromatic carbocycles. The molecule has 0 atom stereocenters. The smallest absolute Gasteiger partial charge is 0.273 e. The van der Waals surface area contributed by atoms with Crippen molar-refractivity contribution in [2.45, 2.75) is 30.8 Å². The Balaban J connectivity index is 1.92. The van der Waals surface area contributed by atoms with E-state index in [4.69, 9.17) is 4.42 Å². The first kappa shape index (κ1) is 13.0. The van der Waals surface area contributed by atoms with E-state index in [9.17, 15) is 13.2 Å². The zero-order valence-electron chi connectivity index (χ0n) is 9.89. The fourth-order valence-electron chi connectivity index (χ4n) is 1.92. The molecule has 6 heteroatoms. The Bertz CT molecular complexity index is 556. The monoisotopic (exact) mass is 269 g/mol. The zero-order chi connectivity index (χ0) is 13.0. The fraction of sp³-hybridized carbons (Fsp3) is 0.417. The molecule has 1 N–H and O–H groups in total. The third kappa shape index (κ3) is 3.08. The molecular formula is C12H15NO4S. The molecule has 1 aliphatic carbocycles. The van der Waals surface area contributed by atoms with Crippen LogP contribution in [0.4, 0.5) is 0 Å². The second kappa shape index (κ2) is 5.49. The number of carbonyl (C=O) groups is 1. The Morgan fingerprint density at radius 3 is 2.83 bits per heavy atom.